The van der Waals surface area contributed by atoms with Crippen molar-refractivity contribution in [3.63, 3.8) is 0 Å². The standard InChI is InChI=1S/C21H21N3O6/c1-14(20(26)22-16-5-4-6-18(13-16)24(28)29)30-21(27)15-8-10-17(11-9-15)23-12-3-2-7-19(23)25/h4-6,8-11,13-14H,2-3,7,12H2,1H3,(H,22,26)/t14-/m0/s1. The van der Waals surface area contributed by atoms with E-state index in [-0.39, 0.29) is 22.8 Å². The molecule has 9 nitrogen and oxygen atoms in total. The number of non-ortho nitro benzene ring substituents is 1. The van der Waals surface area contributed by atoms with Crippen LogP contribution in [0.5, 0.6) is 0 Å². The van der Waals surface area contributed by atoms with Gasteiger partial charge in [-0.05, 0) is 50.1 Å². The predicted molar refractivity (Wildman–Crippen MR) is 109 cm³/mol. The van der Waals surface area contributed by atoms with Crippen molar-refractivity contribution >= 4 is 34.8 Å². The number of hydrogen-bond donors (Lipinski definition) is 1. The molecule has 0 saturated carbocycles. The average molecular weight is 411 g/mol. The van der Waals surface area contributed by atoms with Gasteiger partial charge in [0.2, 0.25) is 5.91 Å². The molecule has 1 fully saturated rings. The zero-order valence-electron chi connectivity index (χ0n) is 16.4. The number of piperidine rings is 1. The second-order valence-corrected chi connectivity index (χ2v) is 6.89. The Morgan fingerprint density at radius 1 is 1.17 bits per heavy atom. The molecule has 1 atom stereocenters. The summed E-state index contributed by atoms with van der Waals surface area (Å²) in [6.07, 6.45) is 1.23. The normalized spacial score (nSPS) is 14.7. The number of carbonyl (C=O) groups excluding carboxylic acids is 3. The third-order valence-corrected chi connectivity index (χ3v) is 4.72. The summed E-state index contributed by atoms with van der Waals surface area (Å²) < 4.78 is 5.19. The van der Waals surface area contributed by atoms with Crippen LogP contribution in [0.1, 0.15) is 36.5 Å². The fourth-order valence-electron chi connectivity index (χ4n) is 3.08. The lowest BCUT2D eigenvalue weighted by atomic mass is 10.1. The molecule has 0 radical (unpaired) electrons. The molecule has 1 aliphatic heterocycles. The fraction of sp³-hybridized carbons (Fsp3) is 0.286. The first kappa shape index (κ1) is 21.0. The van der Waals surface area contributed by atoms with Gasteiger partial charge in [0.1, 0.15) is 0 Å². The van der Waals surface area contributed by atoms with Crippen LogP contribution in [0.15, 0.2) is 48.5 Å². The van der Waals surface area contributed by atoms with E-state index in [9.17, 15) is 24.5 Å². The first-order chi connectivity index (χ1) is 14.3. The number of amides is 2. The molecular formula is C21H21N3O6. The number of nitro groups is 1. The Bertz CT molecular complexity index is 973. The third kappa shape index (κ3) is 4.99. The number of carbonyl (C=O) groups is 3. The molecule has 1 N–H and O–H groups in total. The minimum Gasteiger partial charge on any atom is -0.449 e. The highest BCUT2D eigenvalue weighted by atomic mass is 16.6. The van der Waals surface area contributed by atoms with E-state index in [0.717, 1.165) is 12.8 Å². The van der Waals surface area contributed by atoms with Crippen molar-refractivity contribution < 1.29 is 24.0 Å². The summed E-state index contributed by atoms with van der Waals surface area (Å²) in [5, 5.41) is 13.3. The highest BCUT2D eigenvalue weighted by Crippen LogP contribution is 2.22. The molecule has 30 heavy (non-hydrogen) atoms. The molecule has 0 spiro atoms. The van der Waals surface area contributed by atoms with E-state index in [0.29, 0.717) is 18.7 Å². The van der Waals surface area contributed by atoms with Crippen LogP contribution < -0.4 is 10.2 Å². The van der Waals surface area contributed by atoms with Crippen LogP contribution in [0.3, 0.4) is 0 Å². The number of nitrogens with zero attached hydrogens (tertiary/aromatic N) is 2. The van der Waals surface area contributed by atoms with Gasteiger partial charge in [0.05, 0.1) is 10.5 Å². The minimum absolute atomic E-state index is 0.0584. The molecule has 0 aromatic heterocycles. The van der Waals surface area contributed by atoms with Crippen molar-refractivity contribution in [3.8, 4) is 0 Å². The number of benzene rings is 2. The summed E-state index contributed by atoms with van der Waals surface area (Å²) >= 11 is 0. The van der Waals surface area contributed by atoms with E-state index >= 15 is 0 Å². The molecule has 9 heteroatoms. The number of nitrogens with one attached hydrogen (secondary N) is 1. The number of rotatable bonds is 6. The number of ether oxygens (including phenoxy) is 1. The summed E-state index contributed by atoms with van der Waals surface area (Å²) in [7, 11) is 0. The van der Waals surface area contributed by atoms with Crippen LogP contribution in [0.25, 0.3) is 0 Å². The van der Waals surface area contributed by atoms with Gasteiger partial charge in [-0.25, -0.2) is 4.79 Å². The first-order valence-corrected chi connectivity index (χ1v) is 9.52. The topological polar surface area (TPSA) is 119 Å². The number of esters is 1. The highest BCUT2D eigenvalue weighted by molar-refractivity contribution is 5.98. The lowest BCUT2D eigenvalue weighted by molar-refractivity contribution is -0.384. The Morgan fingerprint density at radius 3 is 2.57 bits per heavy atom. The van der Waals surface area contributed by atoms with E-state index in [1.54, 1.807) is 29.2 Å². The van der Waals surface area contributed by atoms with Crippen LogP contribution in [0.2, 0.25) is 0 Å². The van der Waals surface area contributed by atoms with Crippen LogP contribution in [0, 0.1) is 10.1 Å². The van der Waals surface area contributed by atoms with Gasteiger partial charge >= 0.3 is 5.97 Å². The van der Waals surface area contributed by atoms with Gasteiger partial charge in [-0.2, -0.15) is 0 Å². The smallest absolute Gasteiger partial charge is 0.338 e. The summed E-state index contributed by atoms with van der Waals surface area (Å²) in [5.74, 6) is -1.24. The van der Waals surface area contributed by atoms with Gasteiger partial charge in [0, 0.05) is 36.5 Å². The van der Waals surface area contributed by atoms with Crippen molar-refractivity contribution in [2.75, 3.05) is 16.8 Å². The Morgan fingerprint density at radius 2 is 1.90 bits per heavy atom. The monoisotopic (exact) mass is 411 g/mol. The molecule has 0 bridgehead atoms. The van der Waals surface area contributed by atoms with E-state index in [1.807, 2.05) is 0 Å². The molecule has 156 valence electrons. The predicted octanol–water partition coefficient (Wildman–Crippen LogP) is 3.30. The Kier molecular flexibility index (Phi) is 6.41. The molecule has 2 aromatic carbocycles. The van der Waals surface area contributed by atoms with Gasteiger partial charge in [-0.15, -0.1) is 0 Å². The average Bonchev–Trinajstić information content (AvgIpc) is 2.74. The fourth-order valence-corrected chi connectivity index (χ4v) is 3.08. The minimum atomic E-state index is -1.11. The highest BCUT2D eigenvalue weighted by Gasteiger charge is 2.22. The number of anilines is 2. The molecule has 1 aliphatic rings. The van der Waals surface area contributed by atoms with E-state index in [4.69, 9.17) is 4.74 Å². The van der Waals surface area contributed by atoms with Gasteiger partial charge in [-0.1, -0.05) is 6.07 Å². The van der Waals surface area contributed by atoms with Crippen molar-refractivity contribution in [1.29, 1.82) is 0 Å². The second kappa shape index (κ2) is 9.17. The summed E-state index contributed by atoms with van der Waals surface area (Å²) in [6, 6.07) is 11.9. The summed E-state index contributed by atoms with van der Waals surface area (Å²) in [6.45, 7) is 2.06. The Hall–Kier alpha value is -3.75. The second-order valence-electron chi connectivity index (χ2n) is 6.89. The SMILES string of the molecule is C[C@H](OC(=O)c1ccc(N2CCCCC2=O)cc1)C(=O)Nc1cccc([N+](=O)[O-])c1. The molecule has 0 aliphatic carbocycles. The number of hydrogen-bond acceptors (Lipinski definition) is 6. The van der Waals surface area contributed by atoms with Crippen LogP contribution in [-0.2, 0) is 14.3 Å². The molecule has 2 amide bonds. The van der Waals surface area contributed by atoms with Gasteiger partial charge in [-0.3, -0.25) is 19.7 Å². The molecule has 2 aromatic rings. The molecule has 3 rings (SSSR count). The largest absolute Gasteiger partial charge is 0.449 e. The number of nitro benzene ring substituents is 1. The van der Waals surface area contributed by atoms with Gasteiger partial charge in [0.15, 0.2) is 6.10 Å². The van der Waals surface area contributed by atoms with Crippen LogP contribution in [0.4, 0.5) is 17.1 Å². The summed E-state index contributed by atoms with van der Waals surface area (Å²) in [5.41, 5.74) is 1.03. The molecular weight excluding hydrogens is 390 g/mol. The van der Waals surface area contributed by atoms with E-state index in [1.165, 1.54) is 31.2 Å². The zero-order chi connectivity index (χ0) is 21.7. The maximum atomic E-state index is 12.3. The van der Waals surface area contributed by atoms with E-state index in [2.05, 4.69) is 5.32 Å². The van der Waals surface area contributed by atoms with Crippen molar-refractivity contribution in [1.82, 2.24) is 0 Å². The Balaban J connectivity index is 1.59. The van der Waals surface area contributed by atoms with Crippen molar-refractivity contribution in [2.45, 2.75) is 32.3 Å². The van der Waals surface area contributed by atoms with Crippen LogP contribution >= 0.6 is 0 Å². The third-order valence-electron chi connectivity index (χ3n) is 4.72. The zero-order valence-corrected chi connectivity index (χ0v) is 16.4. The quantitative estimate of drug-likeness (QED) is 0.443. The summed E-state index contributed by atoms with van der Waals surface area (Å²) in [4.78, 5) is 48.5. The molecule has 1 saturated heterocycles. The van der Waals surface area contributed by atoms with Gasteiger partial charge < -0.3 is 15.0 Å². The lowest BCUT2D eigenvalue weighted by Crippen LogP contribution is -2.35. The van der Waals surface area contributed by atoms with Crippen LogP contribution in [-0.4, -0.2) is 35.4 Å². The maximum Gasteiger partial charge on any atom is 0.338 e. The lowest BCUT2D eigenvalue weighted by Gasteiger charge is -2.26. The van der Waals surface area contributed by atoms with Crippen molar-refractivity contribution in [2.24, 2.45) is 0 Å². The molecule has 0 unspecified atom stereocenters. The van der Waals surface area contributed by atoms with E-state index < -0.39 is 22.9 Å². The molecule has 1 heterocycles. The first-order valence-electron chi connectivity index (χ1n) is 9.52. The van der Waals surface area contributed by atoms with Gasteiger partial charge in [0.25, 0.3) is 11.6 Å². The van der Waals surface area contributed by atoms with Crippen molar-refractivity contribution in [3.05, 3.63) is 64.2 Å². The Labute approximate surface area is 172 Å². The maximum absolute atomic E-state index is 12.3.